The summed E-state index contributed by atoms with van der Waals surface area (Å²) < 4.78 is 11.7. The molecule has 110 valence electrons. The Morgan fingerprint density at radius 3 is 2.71 bits per heavy atom. The van der Waals surface area contributed by atoms with E-state index in [-0.39, 0.29) is 0 Å². The number of rotatable bonds is 6. The fraction of sp³-hybridized carbons (Fsp3) is 0.333. The summed E-state index contributed by atoms with van der Waals surface area (Å²) in [5.74, 6) is 2.47. The quantitative estimate of drug-likeness (QED) is 0.729. The van der Waals surface area contributed by atoms with Crippen molar-refractivity contribution < 1.29 is 9.47 Å². The summed E-state index contributed by atoms with van der Waals surface area (Å²) in [5, 5.41) is 0. The highest BCUT2D eigenvalue weighted by atomic mass is 35.5. The van der Waals surface area contributed by atoms with Crippen molar-refractivity contribution in [3.05, 3.63) is 59.2 Å². The van der Waals surface area contributed by atoms with Crippen molar-refractivity contribution in [1.29, 1.82) is 0 Å². The summed E-state index contributed by atoms with van der Waals surface area (Å²) >= 11 is 6.01. The number of benzene rings is 2. The van der Waals surface area contributed by atoms with Crippen LogP contribution >= 0.6 is 11.6 Å². The molecular formula is C18H19ClO2. The van der Waals surface area contributed by atoms with E-state index < -0.39 is 0 Å². The molecule has 0 amide bonds. The zero-order chi connectivity index (χ0) is 14.7. The smallest absolute Gasteiger partial charge is 0.165 e. The van der Waals surface area contributed by atoms with Crippen LogP contribution < -0.4 is 9.47 Å². The van der Waals surface area contributed by atoms with Gasteiger partial charge in [-0.1, -0.05) is 36.4 Å². The lowest BCUT2D eigenvalue weighted by atomic mass is 9.78. The first-order valence-electron chi connectivity index (χ1n) is 7.34. The maximum absolute atomic E-state index is 6.06. The SMILES string of the molecule is CCOc1cccc(CCl)c1OCC1Cc2ccccc21. The number of hydrogen-bond acceptors (Lipinski definition) is 2. The summed E-state index contributed by atoms with van der Waals surface area (Å²) in [6.45, 7) is 3.26. The summed E-state index contributed by atoms with van der Waals surface area (Å²) in [5.41, 5.74) is 3.82. The van der Waals surface area contributed by atoms with Crippen molar-refractivity contribution in [2.45, 2.75) is 25.1 Å². The minimum absolute atomic E-state index is 0.428. The normalized spacial score (nSPS) is 16.0. The summed E-state index contributed by atoms with van der Waals surface area (Å²) in [6, 6.07) is 14.4. The number of ether oxygens (including phenoxy) is 2. The number of alkyl halides is 1. The van der Waals surface area contributed by atoms with Crippen LogP contribution in [0.4, 0.5) is 0 Å². The third-order valence-electron chi connectivity index (χ3n) is 3.89. The van der Waals surface area contributed by atoms with E-state index in [1.807, 2.05) is 25.1 Å². The Balaban J connectivity index is 1.73. The number of fused-ring (bicyclic) bond motifs is 1. The van der Waals surface area contributed by atoms with Crippen molar-refractivity contribution in [3.8, 4) is 11.5 Å². The molecular weight excluding hydrogens is 284 g/mol. The third-order valence-corrected chi connectivity index (χ3v) is 4.18. The lowest BCUT2D eigenvalue weighted by Gasteiger charge is -2.30. The van der Waals surface area contributed by atoms with E-state index in [1.54, 1.807) is 0 Å². The molecule has 0 aromatic heterocycles. The molecule has 2 nitrogen and oxygen atoms in total. The predicted octanol–water partition coefficient (Wildman–Crippen LogP) is 4.54. The molecule has 0 N–H and O–H groups in total. The van der Waals surface area contributed by atoms with Gasteiger partial charge in [0.25, 0.3) is 0 Å². The Labute approximate surface area is 130 Å². The van der Waals surface area contributed by atoms with E-state index in [9.17, 15) is 0 Å². The molecule has 3 rings (SSSR count). The summed E-state index contributed by atoms with van der Waals surface area (Å²) in [7, 11) is 0. The molecule has 3 heteroatoms. The van der Waals surface area contributed by atoms with Gasteiger partial charge in [0.15, 0.2) is 11.5 Å². The molecule has 0 saturated carbocycles. The Hall–Kier alpha value is -1.67. The van der Waals surface area contributed by atoms with Crippen molar-refractivity contribution in [2.75, 3.05) is 13.2 Å². The molecule has 1 unspecified atom stereocenters. The molecule has 0 saturated heterocycles. The molecule has 1 aliphatic carbocycles. The molecule has 2 aromatic rings. The monoisotopic (exact) mass is 302 g/mol. The Kier molecular flexibility index (Phi) is 4.35. The molecule has 0 fully saturated rings. The van der Waals surface area contributed by atoms with Gasteiger partial charge in [-0.15, -0.1) is 11.6 Å². The molecule has 0 radical (unpaired) electrons. The van der Waals surface area contributed by atoms with E-state index in [0.29, 0.717) is 25.0 Å². The fourth-order valence-corrected chi connectivity index (χ4v) is 3.01. The highest BCUT2D eigenvalue weighted by Gasteiger charge is 2.26. The van der Waals surface area contributed by atoms with Gasteiger partial charge >= 0.3 is 0 Å². The topological polar surface area (TPSA) is 18.5 Å². The van der Waals surface area contributed by atoms with Gasteiger partial charge in [-0.25, -0.2) is 0 Å². The second-order valence-electron chi connectivity index (χ2n) is 5.22. The Bertz CT molecular complexity index is 624. The lowest BCUT2D eigenvalue weighted by Crippen LogP contribution is -2.23. The van der Waals surface area contributed by atoms with E-state index in [2.05, 4.69) is 24.3 Å². The van der Waals surface area contributed by atoms with Crippen LogP contribution in [0.2, 0.25) is 0 Å². The van der Waals surface area contributed by atoms with Gasteiger partial charge in [0, 0.05) is 11.5 Å². The molecule has 0 heterocycles. The van der Waals surface area contributed by atoms with Crippen LogP contribution in [0.15, 0.2) is 42.5 Å². The second-order valence-corrected chi connectivity index (χ2v) is 5.49. The molecule has 0 spiro atoms. The van der Waals surface area contributed by atoms with Crippen LogP contribution in [0, 0.1) is 0 Å². The predicted molar refractivity (Wildman–Crippen MR) is 85.6 cm³/mol. The standard InChI is InChI=1S/C18H19ClO2/c1-2-20-17-9-5-7-14(11-19)18(17)21-12-15-10-13-6-3-4-8-16(13)15/h3-9,15H,2,10-12H2,1H3. The molecule has 1 aliphatic rings. The molecule has 1 atom stereocenters. The molecule has 2 aromatic carbocycles. The van der Waals surface area contributed by atoms with Crippen LogP contribution in [-0.4, -0.2) is 13.2 Å². The van der Waals surface area contributed by atoms with Gasteiger partial charge in [-0.2, -0.15) is 0 Å². The van der Waals surface area contributed by atoms with E-state index in [4.69, 9.17) is 21.1 Å². The zero-order valence-corrected chi connectivity index (χ0v) is 12.9. The minimum atomic E-state index is 0.428. The first kappa shape index (κ1) is 14.3. The number of hydrogen-bond donors (Lipinski definition) is 0. The summed E-state index contributed by atoms with van der Waals surface area (Å²) in [4.78, 5) is 0. The van der Waals surface area contributed by atoms with Crippen LogP contribution in [0.3, 0.4) is 0 Å². The summed E-state index contributed by atoms with van der Waals surface area (Å²) in [6.07, 6.45) is 1.09. The fourth-order valence-electron chi connectivity index (χ4n) is 2.79. The first-order chi connectivity index (χ1) is 10.3. The van der Waals surface area contributed by atoms with Crippen LogP contribution in [0.1, 0.15) is 29.5 Å². The maximum Gasteiger partial charge on any atom is 0.165 e. The van der Waals surface area contributed by atoms with Crippen molar-refractivity contribution in [2.24, 2.45) is 0 Å². The van der Waals surface area contributed by atoms with E-state index >= 15 is 0 Å². The van der Waals surface area contributed by atoms with Gasteiger partial charge in [0.2, 0.25) is 0 Å². The van der Waals surface area contributed by atoms with Gasteiger partial charge < -0.3 is 9.47 Å². The largest absolute Gasteiger partial charge is 0.490 e. The Morgan fingerprint density at radius 2 is 1.95 bits per heavy atom. The van der Waals surface area contributed by atoms with Crippen molar-refractivity contribution >= 4 is 11.6 Å². The van der Waals surface area contributed by atoms with Crippen LogP contribution in [-0.2, 0) is 12.3 Å². The number of halogens is 1. The maximum atomic E-state index is 6.06. The second kappa shape index (κ2) is 6.40. The average molecular weight is 303 g/mol. The molecule has 0 aliphatic heterocycles. The molecule has 21 heavy (non-hydrogen) atoms. The lowest BCUT2D eigenvalue weighted by molar-refractivity contribution is 0.250. The van der Waals surface area contributed by atoms with Crippen LogP contribution in [0.25, 0.3) is 0 Å². The number of para-hydroxylation sites is 1. The van der Waals surface area contributed by atoms with E-state index in [1.165, 1.54) is 11.1 Å². The third kappa shape index (κ3) is 2.86. The van der Waals surface area contributed by atoms with Gasteiger partial charge in [0.1, 0.15) is 0 Å². The van der Waals surface area contributed by atoms with Gasteiger partial charge in [-0.3, -0.25) is 0 Å². The van der Waals surface area contributed by atoms with Gasteiger partial charge in [-0.05, 0) is 30.5 Å². The minimum Gasteiger partial charge on any atom is -0.490 e. The van der Waals surface area contributed by atoms with Crippen molar-refractivity contribution in [1.82, 2.24) is 0 Å². The first-order valence-corrected chi connectivity index (χ1v) is 7.88. The average Bonchev–Trinajstić information content (AvgIpc) is 2.49. The van der Waals surface area contributed by atoms with Crippen molar-refractivity contribution in [3.63, 3.8) is 0 Å². The zero-order valence-electron chi connectivity index (χ0n) is 12.1. The van der Waals surface area contributed by atoms with Crippen LogP contribution in [0.5, 0.6) is 11.5 Å². The highest BCUT2D eigenvalue weighted by Crippen LogP contribution is 2.38. The van der Waals surface area contributed by atoms with Gasteiger partial charge in [0.05, 0.1) is 19.1 Å². The highest BCUT2D eigenvalue weighted by molar-refractivity contribution is 6.17. The van der Waals surface area contributed by atoms with E-state index in [0.717, 1.165) is 23.5 Å². The Morgan fingerprint density at radius 1 is 1.10 bits per heavy atom. The molecule has 0 bridgehead atoms.